The van der Waals surface area contributed by atoms with Gasteiger partial charge in [0.15, 0.2) is 0 Å². The summed E-state index contributed by atoms with van der Waals surface area (Å²) in [5.41, 5.74) is 12.0. The van der Waals surface area contributed by atoms with Gasteiger partial charge in [-0.1, -0.05) is 170 Å². The number of hydrogen-bond acceptors (Lipinski definition) is 5. The van der Waals surface area contributed by atoms with E-state index in [2.05, 4.69) is 182 Å². The van der Waals surface area contributed by atoms with E-state index in [1.54, 1.807) is 6.07 Å². The Balaban J connectivity index is 0.718. The lowest BCUT2D eigenvalue weighted by atomic mass is 9.66. The molecule has 13 rings (SSSR count). The van der Waals surface area contributed by atoms with Gasteiger partial charge in [0, 0.05) is 17.0 Å². The molecule has 0 spiro atoms. The second-order valence-corrected chi connectivity index (χ2v) is 18.9. The average Bonchev–Trinajstić information content (AvgIpc) is 3.88. The third kappa shape index (κ3) is 6.53. The molecule has 0 saturated heterocycles. The SMILES string of the molecule is Oc1ccc(C2(c3ccc4cc(OCCCCOc5ccc6cc(C7(c8ccc(O)c9ccccc89)c8ccccc8-c8ccccc87)ccc6c5)ccc4c3)c3ccccc3-c3ccccc32)c(O)c1. The number of phenolic OH excluding ortho intramolecular Hbond substituents is 3. The topological polar surface area (TPSA) is 79.2 Å². The molecular formula is C66H48O5. The second-order valence-electron chi connectivity index (χ2n) is 18.9. The third-order valence-corrected chi connectivity index (χ3v) is 15.2. The summed E-state index contributed by atoms with van der Waals surface area (Å²) in [6, 6.07) is 77.3. The molecule has 3 N–H and O–H groups in total. The van der Waals surface area contributed by atoms with Gasteiger partial charge < -0.3 is 24.8 Å². The summed E-state index contributed by atoms with van der Waals surface area (Å²) in [4.78, 5) is 0. The number of phenols is 3. The molecule has 0 aliphatic heterocycles. The quantitative estimate of drug-likeness (QED) is 0.113. The summed E-state index contributed by atoms with van der Waals surface area (Å²) in [5, 5.41) is 39.1. The van der Waals surface area contributed by atoms with Gasteiger partial charge in [-0.25, -0.2) is 0 Å². The fourth-order valence-corrected chi connectivity index (χ4v) is 12.1. The highest BCUT2D eigenvalue weighted by molar-refractivity contribution is 5.98. The maximum atomic E-state index is 11.5. The van der Waals surface area contributed by atoms with Crippen LogP contribution in [0.1, 0.15) is 57.3 Å². The first-order chi connectivity index (χ1) is 34.9. The predicted molar refractivity (Wildman–Crippen MR) is 285 cm³/mol. The number of hydrogen-bond donors (Lipinski definition) is 3. The first kappa shape index (κ1) is 42.3. The van der Waals surface area contributed by atoms with Crippen LogP contribution in [-0.2, 0) is 10.8 Å². The highest BCUT2D eigenvalue weighted by atomic mass is 16.5. The zero-order valence-electron chi connectivity index (χ0n) is 38.8. The van der Waals surface area contributed by atoms with Crippen molar-refractivity contribution in [3.8, 4) is 51.0 Å². The molecule has 2 aliphatic carbocycles. The molecule has 0 bridgehead atoms. The molecule has 0 radical (unpaired) electrons. The van der Waals surface area contributed by atoms with Crippen molar-refractivity contribution in [3.63, 3.8) is 0 Å². The van der Waals surface area contributed by atoms with Gasteiger partial charge in [-0.15, -0.1) is 0 Å². The van der Waals surface area contributed by atoms with Gasteiger partial charge in [0.25, 0.3) is 0 Å². The van der Waals surface area contributed by atoms with E-state index in [-0.39, 0.29) is 17.2 Å². The van der Waals surface area contributed by atoms with Crippen molar-refractivity contribution in [2.45, 2.75) is 23.7 Å². The average molecular weight is 921 g/mol. The molecular weight excluding hydrogens is 873 g/mol. The third-order valence-electron chi connectivity index (χ3n) is 15.2. The molecule has 5 heteroatoms. The Morgan fingerprint density at radius 1 is 0.310 bits per heavy atom. The van der Waals surface area contributed by atoms with Crippen LogP contribution >= 0.6 is 0 Å². The monoisotopic (exact) mass is 920 g/mol. The number of unbranched alkanes of at least 4 members (excludes halogenated alkanes) is 1. The molecule has 5 nitrogen and oxygen atoms in total. The van der Waals surface area contributed by atoms with Crippen molar-refractivity contribution in [2.24, 2.45) is 0 Å². The van der Waals surface area contributed by atoms with Crippen LogP contribution in [0.25, 0.3) is 54.6 Å². The molecule has 2 aliphatic rings. The Bertz CT molecular complexity index is 3820. The van der Waals surface area contributed by atoms with E-state index in [1.807, 2.05) is 30.3 Å². The minimum Gasteiger partial charge on any atom is -0.508 e. The van der Waals surface area contributed by atoms with E-state index in [0.717, 1.165) is 95.6 Å². The molecule has 11 aromatic rings. The van der Waals surface area contributed by atoms with Crippen LogP contribution < -0.4 is 9.47 Å². The summed E-state index contributed by atoms with van der Waals surface area (Å²) < 4.78 is 12.6. The van der Waals surface area contributed by atoms with Gasteiger partial charge in [0.05, 0.1) is 24.0 Å². The molecule has 342 valence electrons. The number of fused-ring (bicyclic) bond motifs is 9. The van der Waals surface area contributed by atoms with Gasteiger partial charge in [0.1, 0.15) is 28.7 Å². The number of aromatic hydroxyl groups is 3. The van der Waals surface area contributed by atoms with Crippen LogP contribution in [0, 0.1) is 0 Å². The predicted octanol–water partition coefficient (Wildman–Crippen LogP) is 15.2. The van der Waals surface area contributed by atoms with Crippen LogP contribution in [0.15, 0.2) is 224 Å². The molecule has 0 atom stereocenters. The van der Waals surface area contributed by atoms with Gasteiger partial charge in [0.2, 0.25) is 0 Å². The molecule has 11 aromatic carbocycles. The standard InChI is InChI=1S/C66H48O5/c67-48-29-32-62(64(69)41-48)66(59-21-9-5-15-53(59)54-16-6-10-22-60(54)66)47-28-24-45-40-50(31-26-43(45)38-47)71-36-12-11-35-70-49-30-25-42-37-46(27-23-44(42)39-49)65(61-33-34-63(68)56-18-2-1-17-55(56)61)57-19-7-3-13-51(57)52-14-4-8-20-58(52)65/h1-10,13-34,37-41,67-69H,11-12,35-36H2. The van der Waals surface area contributed by atoms with E-state index in [1.165, 1.54) is 33.9 Å². The second kappa shape index (κ2) is 16.7. The fourth-order valence-electron chi connectivity index (χ4n) is 12.1. The van der Waals surface area contributed by atoms with Crippen LogP contribution in [0.5, 0.6) is 28.7 Å². The van der Waals surface area contributed by atoms with Gasteiger partial charge in [-0.05, 0) is 150 Å². The fraction of sp³-hybridized carbons (Fsp3) is 0.0909. The van der Waals surface area contributed by atoms with Crippen LogP contribution in [0.3, 0.4) is 0 Å². The molecule has 0 unspecified atom stereocenters. The number of benzene rings is 11. The summed E-state index contributed by atoms with van der Waals surface area (Å²) in [5.74, 6) is 2.00. The van der Waals surface area contributed by atoms with Crippen molar-refractivity contribution < 1.29 is 24.8 Å². The molecule has 0 amide bonds. The van der Waals surface area contributed by atoms with Crippen LogP contribution in [0.4, 0.5) is 0 Å². The summed E-state index contributed by atoms with van der Waals surface area (Å²) in [7, 11) is 0. The molecule has 0 fully saturated rings. The number of rotatable bonds is 11. The number of ether oxygens (including phenoxy) is 2. The largest absolute Gasteiger partial charge is 0.508 e. The summed E-state index contributed by atoms with van der Waals surface area (Å²) in [6.07, 6.45) is 1.67. The van der Waals surface area contributed by atoms with Crippen molar-refractivity contribution in [2.75, 3.05) is 13.2 Å². The van der Waals surface area contributed by atoms with Crippen molar-refractivity contribution >= 4 is 32.3 Å². The van der Waals surface area contributed by atoms with E-state index in [9.17, 15) is 15.3 Å². The highest BCUT2D eigenvalue weighted by Crippen LogP contribution is 2.60. The highest BCUT2D eigenvalue weighted by Gasteiger charge is 2.48. The Kier molecular flexibility index (Phi) is 9.96. The first-order valence-electron chi connectivity index (χ1n) is 24.4. The minimum absolute atomic E-state index is 0.0218. The first-order valence-corrected chi connectivity index (χ1v) is 24.4. The van der Waals surface area contributed by atoms with E-state index >= 15 is 0 Å². The van der Waals surface area contributed by atoms with E-state index < -0.39 is 10.8 Å². The smallest absolute Gasteiger partial charge is 0.124 e. The lowest BCUT2D eigenvalue weighted by Crippen LogP contribution is -2.29. The normalized spacial score (nSPS) is 13.7. The summed E-state index contributed by atoms with van der Waals surface area (Å²) >= 11 is 0. The molecule has 0 aromatic heterocycles. The van der Waals surface area contributed by atoms with Crippen molar-refractivity contribution in [1.29, 1.82) is 0 Å². The maximum absolute atomic E-state index is 11.5. The van der Waals surface area contributed by atoms with Crippen LogP contribution in [-0.4, -0.2) is 28.5 Å². The Morgan fingerprint density at radius 3 is 1.21 bits per heavy atom. The van der Waals surface area contributed by atoms with E-state index in [4.69, 9.17) is 9.47 Å². The lowest BCUT2D eigenvalue weighted by Gasteiger charge is -2.35. The lowest BCUT2D eigenvalue weighted by molar-refractivity contribution is 0.267. The van der Waals surface area contributed by atoms with Gasteiger partial charge in [-0.2, -0.15) is 0 Å². The van der Waals surface area contributed by atoms with Gasteiger partial charge >= 0.3 is 0 Å². The van der Waals surface area contributed by atoms with E-state index in [0.29, 0.717) is 13.2 Å². The molecule has 0 saturated carbocycles. The Morgan fingerprint density at radius 2 is 0.718 bits per heavy atom. The minimum atomic E-state index is -0.794. The Labute approximate surface area is 412 Å². The summed E-state index contributed by atoms with van der Waals surface area (Å²) in [6.45, 7) is 1.14. The van der Waals surface area contributed by atoms with Crippen molar-refractivity contribution in [3.05, 3.63) is 269 Å². The van der Waals surface area contributed by atoms with Gasteiger partial charge in [-0.3, -0.25) is 0 Å². The zero-order chi connectivity index (χ0) is 47.7. The maximum Gasteiger partial charge on any atom is 0.124 e. The van der Waals surface area contributed by atoms with Crippen LogP contribution in [0.2, 0.25) is 0 Å². The Hall–Kier alpha value is -8.80. The van der Waals surface area contributed by atoms with Crippen molar-refractivity contribution in [1.82, 2.24) is 0 Å². The zero-order valence-corrected chi connectivity index (χ0v) is 38.8. The molecule has 71 heavy (non-hydrogen) atoms. The molecule has 0 heterocycles.